The van der Waals surface area contributed by atoms with E-state index in [0.29, 0.717) is 18.8 Å². The summed E-state index contributed by atoms with van der Waals surface area (Å²) in [5.41, 5.74) is 4.11. The molecule has 3 aromatic carbocycles. The lowest BCUT2D eigenvalue weighted by Gasteiger charge is -2.32. The lowest BCUT2D eigenvalue weighted by atomic mass is 9.99. The van der Waals surface area contributed by atoms with Crippen LogP contribution in [0.3, 0.4) is 0 Å². The number of halogens is 1. The van der Waals surface area contributed by atoms with Crippen LogP contribution in [0.15, 0.2) is 78.9 Å². The van der Waals surface area contributed by atoms with Gasteiger partial charge in [-0.05, 0) is 60.1 Å². The second kappa shape index (κ2) is 13.7. The van der Waals surface area contributed by atoms with E-state index in [4.69, 9.17) is 0 Å². The predicted octanol–water partition coefficient (Wildman–Crippen LogP) is 6.44. The van der Waals surface area contributed by atoms with E-state index < -0.39 is 6.04 Å². The van der Waals surface area contributed by atoms with Crippen molar-refractivity contribution < 1.29 is 14.0 Å². The maximum absolute atomic E-state index is 13.7. The molecule has 196 valence electrons. The Balaban J connectivity index is 1.88. The van der Waals surface area contributed by atoms with Crippen molar-refractivity contribution in [2.24, 2.45) is 0 Å². The van der Waals surface area contributed by atoms with E-state index in [9.17, 15) is 14.0 Å². The number of aryl methyl sites for hydroxylation is 1. The van der Waals surface area contributed by atoms with Gasteiger partial charge in [0.2, 0.25) is 11.8 Å². The Morgan fingerprint density at radius 1 is 0.838 bits per heavy atom. The average Bonchev–Trinajstić information content (AvgIpc) is 2.91. The molecule has 37 heavy (non-hydrogen) atoms. The molecule has 4 nitrogen and oxygen atoms in total. The number of hydrogen-bond donors (Lipinski definition) is 1. The van der Waals surface area contributed by atoms with Crippen molar-refractivity contribution >= 4 is 11.8 Å². The van der Waals surface area contributed by atoms with Crippen molar-refractivity contribution in [1.82, 2.24) is 10.2 Å². The Labute approximate surface area is 220 Å². The van der Waals surface area contributed by atoms with Gasteiger partial charge in [-0.3, -0.25) is 9.59 Å². The minimum Gasteiger partial charge on any atom is -0.352 e. The van der Waals surface area contributed by atoms with Gasteiger partial charge in [0.1, 0.15) is 11.9 Å². The van der Waals surface area contributed by atoms with Gasteiger partial charge < -0.3 is 10.2 Å². The van der Waals surface area contributed by atoms with Gasteiger partial charge >= 0.3 is 0 Å². The van der Waals surface area contributed by atoms with E-state index in [2.05, 4.69) is 43.4 Å². The summed E-state index contributed by atoms with van der Waals surface area (Å²) in [6, 6.07) is 23.6. The Kier molecular flexibility index (Phi) is 10.4. The van der Waals surface area contributed by atoms with E-state index in [0.717, 1.165) is 23.1 Å². The highest BCUT2D eigenvalue weighted by atomic mass is 19.1. The van der Waals surface area contributed by atoms with Crippen LogP contribution in [0.5, 0.6) is 0 Å². The van der Waals surface area contributed by atoms with E-state index in [-0.39, 0.29) is 36.6 Å². The molecule has 5 heteroatoms. The smallest absolute Gasteiger partial charge is 0.243 e. The van der Waals surface area contributed by atoms with Crippen molar-refractivity contribution in [3.8, 4) is 0 Å². The molecule has 0 unspecified atom stereocenters. The highest BCUT2D eigenvalue weighted by Crippen LogP contribution is 2.19. The summed E-state index contributed by atoms with van der Waals surface area (Å²) in [5, 5.41) is 3.08. The van der Waals surface area contributed by atoms with E-state index >= 15 is 0 Å². The van der Waals surface area contributed by atoms with Crippen LogP contribution < -0.4 is 5.32 Å². The summed E-state index contributed by atoms with van der Waals surface area (Å²) in [5.74, 6) is -0.154. The second-order valence-corrected chi connectivity index (χ2v) is 10.1. The van der Waals surface area contributed by atoms with E-state index in [1.165, 1.54) is 17.7 Å². The van der Waals surface area contributed by atoms with Crippen LogP contribution in [0, 0.1) is 5.82 Å². The molecule has 0 fully saturated rings. The molecule has 0 aromatic heterocycles. The molecule has 0 spiro atoms. The van der Waals surface area contributed by atoms with E-state index in [1.54, 1.807) is 17.0 Å². The molecule has 0 saturated heterocycles. The van der Waals surface area contributed by atoms with Crippen LogP contribution >= 0.6 is 0 Å². The predicted molar refractivity (Wildman–Crippen MR) is 148 cm³/mol. The van der Waals surface area contributed by atoms with Gasteiger partial charge in [-0.25, -0.2) is 4.39 Å². The molecular weight excluding hydrogens is 463 g/mol. The highest BCUT2D eigenvalue weighted by molar-refractivity contribution is 5.88. The van der Waals surface area contributed by atoms with Crippen molar-refractivity contribution in [2.75, 3.05) is 0 Å². The molecular formula is C32H39FN2O2. The van der Waals surface area contributed by atoms with Crippen molar-refractivity contribution in [3.63, 3.8) is 0 Å². The van der Waals surface area contributed by atoms with Crippen molar-refractivity contribution in [3.05, 3.63) is 107 Å². The zero-order valence-corrected chi connectivity index (χ0v) is 22.4. The van der Waals surface area contributed by atoms with Gasteiger partial charge in [0.15, 0.2) is 0 Å². The van der Waals surface area contributed by atoms with Gasteiger partial charge in [0.25, 0.3) is 0 Å². The lowest BCUT2D eigenvalue weighted by molar-refractivity contribution is -0.141. The molecule has 0 aliphatic rings. The number of amides is 2. The van der Waals surface area contributed by atoms with Crippen LogP contribution in [-0.4, -0.2) is 28.8 Å². The minimum atomic E-state index is -0.683. The molecule has 3 aromatic rings. The molecule has 0 heterocycles. The zero-order chi connectivity index (χ0) is 26.8. The number of hydrogen-bond acceptors (Lipinski definition) is 2. The number of nitrogens with zero attached hydrogens (tertiary/aromatic N) is 1. The van der Waals surface area contributed by atoms with Gasteiger partial charge in [-0.1, -0.05) is 87.5 Å². The summed E-state index contributed by atoms with van der Waals surface area (Å²) in [6.45, 7) is 8.52. The molecule has 0 aliphatic heterocycles. The molecule has 1 N–H and O–H groups in total. The molecule has 0 radical (unpaired) electrons. The maximum atomic E-state index is 13.7. The Hall–Kier alpha value is -3.47. The van der Waals surface area contributed by atoms with E-state index in [1.807, 2.05) is 44.2 Å². The largest absolute Gasteiger partial charge is 0.352 e. The first kappa shape index (κ1) is 28.1. The normalized spacial score (nSPS) is 12.7. The molecule has 0 bridgehead atoms. The standard InChI is InChI=1S/C32H39FN2O2/c1-5-24(4)34-32(37)30(21-26-9-7-6-8-10-26)35(22-27-13-18-29(33)19-14-27)31(36)20-15-25-11-16-28(17-12-25)23(2)3/h6-14,16-19,23-24,30H,5,15,20-22H2,1-4H3,(H,34,37)/t24-,30+/m1/s1. The van der Waals surface area contributed by atoms with Gasteiger partial charge in [0.05, 0.1) is 0 Å². The minimum absolute atomic E-state index is 0.00646. The quantitative estimate of drug-likeness (QED) is 0.310. The average molecular weight is 503 g/mol. The first-order valence-electron chi connectivity index (χ1n) is 13.2. The van der Waals surface area contributed by atoms with Crippen LogP contribution in [0.2, 0.25) is 0 Å². The number of benzene rings is 3. The third kappa shape index (κ3) is 8.56. The molecule has 2 atom stereocenters. The summed E-state index contributed by atoms with van der Waals surface area (Å²) >= 11 is 0. The fraction of sp³-hybridized carbons (Fsp3) is 0.375. The van der Waals surface area contributed by atoms with Crippen LogP contribution in [-0.2, 0) is 29.0 Å². The number of nitrogens with one attached hydrogen (secondary N) is 1. The Morgan fingerprint density at radius 3 is 2.05 bits per heavy atom. The van der Waals surface area contributed by atoms with Gasteiger partial charge in [-0.2, -0.15) is 0 Å². The fourth-order valence-corrected chi connectivity index (χ4v) is 4.25. The summed E-state index contributed by atoms with van der Waals surface area (Å²) in [4.78, 5) is 28.9. The highest BCUT2D eigenvalue weighted by Gasteiger charge is 2.30. The zero-order valence-electron chi connectivity index (χ0n) is 22.4. The molecule has 0 saturated carbocycles. The van der Waals surface area contributed by atoms with Crippen LogP contribution in [0.4, 0.5) is 4.39 Å². The van der Waals surface area contributed by atoms with Crippen molar-refractivity contribution in [1.29, 1.82) is 0 Å². The maximum Gasteiger partial charge on any atom is 0.243 e. The lowest BCUT2D eigenvalue weighted by Crippen LogP contribution is -2.52. The number of carbonyl (C=O) groups is 2. The topological polar surface area (TPSA) is 49.4 Å². The Bertz CT molecular complexity index is 1130. The summed E-state index contributed by atoms with van der Waals surface area (Å²) < 4.78 is 13.6. The summed E-state index contributed by atoms with van der Waals surface area (Å²) in [7, 11) is 0. The first-order valence-corrected chi connectivity index (χ1v) is 13.2. The van der Waals surface area contributed by atoms with Crippen molar-refractivity contribution in [2.45, 2.75) is 77.9 Å². The fourth-order valence-electron chi connectivity index (χ4n) is 4.25. The SMILES string of the molecule is CC[C@@H](C)NC(=O)[C@H](Cc1ccccc1)N(Cc1ccc(F)cc1)C(=O)CCc1ccc(C(C)C)cc1. The monoisotopic (exact) mass is 502 g/mol. The second-order valence-electron chi connectivity index (χ2n) is 10.1. The third-order valence-electron chi connectivity index (χ3n) is 6.81. The third-order valence-corrected chi connectivity index (χ3v) is 6.81. The number of rotatable bonds is 12. The van der Waals surface area contributed by atoms with Gasteiger partial charge in [-0.15, -0.1) is 0 Å². The molecule has 3 rings (SSSR count). The summed E-state index contributed by atoms with van der Waals surface area (Å²) in [6.07, 6.45) is 2.06. The van der Waals surface area contributed by atoms with Crippen LogP contribution in [0.1, 0.15) is 68.7 Å². The molecule has 2 amide bonds. The van der Waals surface area contributed by atoms with Gasteiger partial charge in [0, 0.05) is 25.4 Å². The Morgan fingerprint density at radius 2 is 1.46 bits per heavy atom. The first-order chi connectivity index (χ1) is 17.8. The molecule has 0 aliphatic carbocycles. The number of carbonyl (C=O) groups excluding carboxylic acids is 2. The van der Waals surface area contributed by atoms with Crippen LogP contribution in [0.25, 0.3) is 0 Å².